The largest absolute Gasteiger partial charge is 0.398 e. The first-order valence-corrected chi connectivity index (χ1v) is 7.68. The molecule has 0 aromatic heterocycles. The van der Waals surface area contributed by atoms with E-state index in [2.05, 4.69) is 5.32 Å². The first-order valence-electron chi connectivity index (χ1n) is 5.62. The lowest BCUT2D eigenvalue weighted by Gasteiger charge is -2.09. The van der Waals surface area contributed by atoms with Crippen molar-refractivity contribution in [3.8, 4) is 0 Å². The van der Waals surface area contributed by atoms with Crippen LogP contribution in [-0.4, -0.2) is 32.9 Å². The maximum absolute atomic E-state index is 11.8. The molecule has 0 saturated heterocycles. The van der Waals surface area contributed by atoms with Crippen molar-refractivity contribution < 1.29 is 13.2 Å². The molecule has 0 fully saturated rings. The van der Waals surface area contributed by atoms with Gasteiger partial charge in [0.05, 0.1) is 5.75 Å². The number of anilines is 1. The molecule has 0 atom stereocenters. The Labute approximate surface area is 107 Å². The van der Waals surface area contributed by atoms with E-state index in [1.165, 1.54) is 6.26 Å². The third kappa shape index (κ3) is 4.37. The van der Waals surface area contributed by atoms with E-state index in [9.17, 15) is 13.2 Å². The zero-order valence-electron chi connectivity index (χ0n) is 10.6. The van der Waals surface area contributed by atoms with E-state index in [0.29, 0.717) is 24.2 Å². The normalized spacial score (nSPS) is 11.2. The predicted octanol–water partition coefficient (Wildman–Crippen LogP) is 0.742. The summed E-state index contributed by atoms with van der Waals surface area (Å²) in [5.74, 6) is -0.156. The van der Waals surface area contributed by atoms with Crippen LogP contribution < -0.4 is 11.1 Å². The molecule has 1 aromatic carbocycles. The highest BCUT2D eigenvalue weighted by atomic mass is 32.2. The van der Waals surface area contributed by atoms with Gasteiger partial charge in [-0.15, -0.1) is 0 Å². The quantitative estimate of drug-likeness (QED) is 0.610. The van der Waals surface area contributed by atoms with Crippen LogP contribution in [0.1, 0.15) is 22.3 Å². The number of hydrogen-bond donors (Lipinski definition) is 2. The summed E-state index contributed by atoms with van der Waals surface area (Å²) < 4.78 is 21.8. The first kappa shape index (κ1) is 14.5. The molecular formula is C12H18N2O3S. The zero-order chi connectivity index (χ0) is 13.8. The van der Waals surface area contributed by atoms with Gasteiger partial charge in [-0.2, -0.15) is 0 Å². The molecule has 1 aromatic rings. The Morgan fingerprint density at radius 1 is 1.39 bits per heavy atom. The second-order valence-electron chi connectivity index (χ2n) is 4.26. The summed E-state index contributed by atoms with van der Waals surface area (Å²) in [4.78, 5) is 11.8. The van der Waals surface area contributed by atoms with E-state index in [0.717, 1.165) is 5.56 Å². The standard InChI is InChI=1S/C12H18N2O3S/c1-9-10(5-3-6-11(9)13)12(15)14-7-4-8-18(2,16)17/h3,5-6H,4,7-8,13H2,1-2H3,(H,14,15). The number of hydrogen-bond acceptors (Lipinski definition) is 4. The average Bonchev–Trinajstić information content (AvgIpc) is 2.26. The SMILES string of the molecule is Cc1c(N)cccc1C(=O)NCCCS(C)(=O)=O. The lowest BCUT2D eigenvalue weighted by Crippen LogP contribution is -2.26. The smallest absolute Gasteiger partial charge is 0.251 e. The van der Waals surface area contributed by atoms with Crippen LogP contribution >= 0.6 is 0 Å². The fourth-order valence-electron chi connectivity index (χ4n) is 1.53. The van der Waals surface area contributed by atoms with Crippen LogP contribution in [0.15, 0.2) is 18.2 Å². The van der Waals surface area contributed by atoms with Gasteiger partial charge in [0, 0.05) is 24.1 Å². The van der Waals surface area contributed by atoms with Crippen molar-refractivity contribution in [2.75, 3.05) is 24.3 Å². The minimum absolute atomic E-state index is 0.0726. The highest BCUT2D eigenvalue weighted by molar-refractivity contribution is 7.90. The summed E-state index contributed by atoms with van der Waals surface area (Å²) in [7, 11) is -2.97. The molecule has 0 radical (unpaired) electrons. The summed E-state index contributed by atoms with van der Waals surface area (Å²) in [5, 5.41) is 2.68. The Hall–Kier alpha value is -1.56. The van der Waals surface area contributed by atoms with Gasteiger partial charge in [-0.25, -0.2) is 8.42 Å². The number of nitrogen functional groups attached to an aromatic ring is 1. The molecule has 0 heterocycles. The molecular weight excluding hydrogens is 252 g/mol. The number of nitrogens with two attached hydrogens (primary N) is 1. The third-order valence-electron chi connectivity index (χ3n) is 2.60. The molecule has 0 aliphatic carbocycles. The van der Waals surface area contributed by atoms with E-state index in [4.69, 9.17) is 5.73 Å². The summed E-state index contributed by atoms with van der Waals surface area (Å²) in [5.41, 5.74) is 7.54. The summed E-state index contributed by atoms with van der Waals surface area (Å²) in [6.07, 6.45) is 1.59. The van der Waals surface area contributed by atoms with Crippen LogP contribution in [0.4, 0.5) is 5.69 Å². The number of sulfone groups is 1. The number of amides is 1. The van der Waals surface area contributed by atoms with Crippen molar-refractivity contribution in [1.29, 1.82) is 0 Å². The van der Waals surface area contributed by atoms with Gasteiger partial charge in [0.25, 0.3) is 5.91 Å². The second-order valence-corrected chi connectivity index (χ2v) is 6.52. The van der Waals surface area contributed by atoms with Crippen molar-refractivity contribution in [2.24, 2.45) is 0 Å². The molecule has 100 valence electrons. The van der Waals surface area contributed by atoms with Gasteiger partial charge in [-0.05, 0) is 31.0 Å². The number of carbonyl (C=O) groups is 1. The van der Waals surface area contributed by atoms with Crippen LogP contribution in [0.25, 0.3) is 0 Å². The number of carbonyl (C=O) groups excluding carboxylic acids is 1. The third-order valence-corrected chi connectivity index (χ3v) is 3.63. The topological polar surface area (TPSA) is 89.3 Å². The fraction of sp³-hybridized carbons (Fsp3) is 0.417. The number of rotatable bonds is 5. The van der Waals surface area contributed by atoms with Crippen molar-refractivity contribution in [1.82, 2.24) is 5.32 Å². The van der Waals surface area contributed by atoms with Gasteiger partial charge in [-0.1, -0.05) is 6.07 Å². The van der Waals surface area contributed by atoms with Crippen molar-refractivity contribution >= 4 is 21.4 Å². The number of nitrogens with one attached hydrogen (secondary N) is 1. The minimum atomic E-state index is -2.97. The summed E-state index contributed by atoms with van der Waals surface area (Å²) in [6.45, 7) is 2.11. The average molecular weight is 270 g/mol. The highest BCUT2D eigenvalue weighted by Gasteiger charge is 2.10. The second kappa shape index (κ2) is 5.86. The van der Waals surface area contributed by atoms with E-state index in [-0.39, 0.29) is 11.7 Å². The van der Waals surface area contributed by atoms with E-state index < -0.39 is 9.84 Å². The van der Waals surface area contributed by atoms with Crippen LogP contribution in [-0.2, 0) is 9.84 Å². The molecule has 0 spiro atoms. The Balaban J connectivity index is 2.54. The molecule has 6 heteroatoms. The highest BCUT2D eigenvalue weighted by Crippen LogP contribution is 2.15. The van der Waals surface area contributed by atoms with E-state index in [1.807, 2.05) is 0 Å². The lowest BCUT2D eigenvalue weighted by molar-refractivity contribution is 0.0953. The Kier molecular flexibility index (Phi) is 4.72. The van der Waals surface area contributed by atoms with Crippen molar-refractivity contribution in [3.63, 3.8) is 0 Å². The first-order chi connectivity index (χ1) is 8.31. The van der Waals surface area contributed by atoms with Crippen LogP contribution in [0.5, 0.6) is 0 Å². The molecule has 1 amide bonds. The lowest BCUT2D eigenvalue weighted by atomic mass is 10.1. The summed E-state index contributed by atoms with van der Waals surface area (Å²) >= 11 is 0. The van der Waals surface area contributed by atoms with Gasteiger partial charge >= 0.3 is 0 Å². The van der Waals surface area contributed by atoms with Gasteiger partial charge in [0.15, 0.2) is 0 Å². The molecule has 3 N–H and O–H groups in total. The molecule has 0 unspecified atom stereocenters. The maximum Gasteiger partial charge on any atom is 0.251 e. The minimum Gasteiger partial charge on any atom is -0.398 e. The summed E-state index contributed by atoms with van der Waals surface area (Å²) in [6, 6.07) is 5.14. The van der Waals surface area contributed by atoms with Crippen LogP contribution in [0.3, 0.4) is 0 Å². The predicted molar refractivity (Wildman–Crippen MR) is 72.3 cm³/mol. The van der Waals surface area contributed by atoms with Gasteiger partial charge in [0.2, 0.25) is 0 Å². The molecule has 0 aliphatic rings. The van der Waals surface area contributed by atoms with E-state index >= 15 is 0 Å². The van der Waals surface area contributed by atoms with Crippen molar-refractivity contribution in [2.45, 2.75) is 13.3 Å². The monoisotopic (exact) mass is 270 g/mol. The maximum atomic E-state index is 11.8. The van der Waals surface area contributed by atoms with Gasteiger partial charge in [-0.3, -0.25) is 4.79 Å². The van der Waals surface area contributed by atoms with E-state index in [1.54, 1.807) is 25.1 Å². The fourth-order valence-corrected chi connectivity index (χ4v) is 2.20. The Morgan fingerprint density at radius 3 is 2.67 bits per heavy atom. The Morgan fingerprint density at radius 2 is 2.06 bits per heavy atom. The molecule has 5 nitrogen and oxygen atoms in total. The Bertz CT molecular complexity index is 538. The van der Waals surface area contributed by atoms with Gasteiger partial charge < -0.3 is 11.1 Å². The molecule has 1 rings (SSSR count). The zero-order valence-corrected chi connectivity index (χ0v) is 11.4. The van der Waals surface area contributed by atoms with Crippen molar-refractivity contribution in [3.05, 3.63) is 29.3 Å². The van der Waals surface area contributed by atoms with Gasteiger partial charge in [0.1, 0.15) is 9.84 Å². The van der Waals surface area contributed by atoms with Crippen LogP contribution in [0.2, 0.25) is 0 Å². The molecule has 18 heavy (non-hydrogen) atoms. The molecule has 0 bridgehead atoms. The molecule has 0 saturated carbocycles. The number of benzene rings is 1. The molecule has 0 aliphatic heterocycles. The van der Waals surface area contributed by atoms with Crippen LogP contribution in [0, 0.1) is 6.92 Å².